The zero-order valence-electron chi connectivity index (χ0n) is 14.5. The third-order valence-corrected chi connectivity index (χ3v) is 4.46. The van der Waals surface area contributed by atoms with Crippen LogP contribution in [-0.2, 0) is 0 Å². The van der Waals surface area contributed by atoms with Crippen LogP contribution in [0.25, 0.3) is 0 Å². The molecule has 0 spiro atoms. The van der Waals surface area contributed by atoms with Crippen molar-refractivity contribution in [3.05, 3.63) is 0 Å². The second-order valence-corrected chi connectivity index (χ2v) is 8.54. The van der Waals surface area contributed by atoms with Gasteiger partial charge in [-0.15, -0.1) is 0 Å². The molecule has 0 aliphatic heterocycles. The fraction of sp³-hybridized carbons (Fsp3) is 1.00. The normalized spacial score (nSPS) is 19.7. The molecular weight excluding hydrogens is 216 g/mol. The summed E-state index contributed by atoms with van der Waals surface area (Å²) in [7, 11) is 0. The summed E-state index contributed by atoms with van der Waals surface area (Å²) in [5.74, 6) is 4.27. The minimum atomic E-state index is 0.473. The van der Waals surface area contributed by atoms with E-state index >= 15 is 0 Å². The van der Waals surface area contributed by atoms with Crippen LogP contribution in [0.2, 0.25) is 0 Å². The first-order chi connectivity index (χ1) is 8.03. The molecule has 0 nitrogen and oxygen atoms in total. The first-order valence-electron chi connectivity index (χ1n) is 8.03. The summed E-state index contributed by atoms with van der Waals surface area (Å²) in [6, 6.07) is 0. The summed E-state index contributed by atoms with van der Waals surface area (Å²) in [5.41, 5.74) is 0.473. The number of hydrogen-bond acceptors (Lipinski definition) is 0. The minimum Gasteiger partial charge on any atom is -0.0628 e. The topological polar surface area (TPSA) is 0 Å². The van der Waals surface area contributed by atoms with Crippen LogP contribution >= 0.6 is 0 Å². The SMILES string of the molecule is CC(C)CC(C)C(C)CC(C)C(C)CC(C)(C)C. The minimum absolute atomic E-state index is 0.473. The molecule has 0 aromatic carbocycles. The fourth-order valence-electron chi connectivity index (χ4n) is 3.19. The molecular formula is C18H38. The van der Waals surface area contributed by atoms with E-state index in [1.165, 1.54) is 19.3 Å². The van der Waals surface area contributed by atoms with Crippen molar-refractivity contribution in [1.29, 1.82) is 0 Å². The highest BCUT2D eigenvalue weighted by Crippen LogP contribution is 2.33. The van der Waals surface area contributed by atoms with Crippen molar-refractivity contribution in [1.82, 2.24) is 0 Å². The van der Waals surface area contributed by atoms with Crippen LogP contribution in [0.3, 0.4) is 0 Å². The largest absolute Gasteiger partial charge is 0.0628 e. The van der Waals surface area contributed by atoms with Gasteiger partial charge in [0.25, 0.3) is 0 Å². The molecule has 0 heterocycles. The van der Waals surface area contributed by atoms with E-state index in [0.29, 0.717) is 5.41 Å². The molecule has 0 aromatic heterocycles. The van der Waals surface area contributed by atoms with Crippen molar-refractivity contribution in [3.8, 4) is 0 Å². The van der Waals surface area contributed by atoms with E-state index in [1.54, 1.807) is 0 Å². The summed E-state index contributed by atoms with van der Waals surface area (Å²) in [4.78, 5) is 0. The molecule has 0 aliphatic rings. The van der Waals surface area contributed by atoms with E-state index in [1.807, 2.05) is 0 Å². The molecule has 110 valence electrons. The maximum Gasteiger partial charge on any atom is -0.0380 e. The smallest absolute Gasteiger partial charge is 0.0380 e. The highest BCUT2D eigenvalue weighted by Gasteiger charge is 2.23. The van der Waals surface area contributed by atoms with E-state index in [4.69, 9.17) is 0 Å². The summed E-state index contributed by atoms with van der Waals surface area (Å²) in [6.45, 7) is 21.6. The van der Waals surface area contributed by atoms with Gasteiger partial charge in [0, 0.05) is 0 Å². The predicted molar refractivity (Wildman–Crippen MR) is 84.8 cm³/mol. The Hall–Kier alpha value is 0. The standard InChI is InChI=1S/C18H38/c1-13(2)10-14(3)15(4)11-16(5)17(6)12-18(7,8)9/h13-17H,10-12H2,1-9H3. The van der Waals surface area contributed by atoms with Crippen molar-refractivity contribution >= 4 is 0 Å². The molecule has 0 bridgehead atoms. The third-order valence-electron chi connectivity index (χ3n) is 4.46. The van der Waals surface area contributed by atoms with Gasteiger partial charge in [0.05, 0.1) is 0 Å². The molecule has 4 unspecified atom stereocenters. The lowest BCUT2D eigenvalue weighted by Gasteiger charge is -2.31. The van der Waals surface area contributed by atoms with Gasteiger partial charge in [-0.2, -0.15) is 0 Å². The van der Waals surface area contributed by atoms with E-state index in [0.717, 1.165) is 29.6 Å². The number of rotatable bonds is 7. The van der Waals surface area contributed by atoms with Gasteiger partial charge in [0.1, 0.15) is 0 Å². The Labute approximate surface area is 117 Å². The average molecular weight is 255 g/mol. The molecule has 4 atom stereocenters. The Kier molecular flexibility index (Phi) is 7.56. The van der Waals surface area contributed by atoms with Crippen molar-refractivity contribution in [2.24, 2.45) is 35.0 Å². The molecule has 18 heavy (non-hydrogen) atoms. The molecule has 0 aliphatic carbocycles. The highest BCUT2D eigenvalue weighted by atomic mass is 14.3. The molecule has 0 aromatic rings. The Morgan fingerprint density at radius 1 is 0.611 bits per heavy atom. The van der Waals surface area contributed by atoms with E-state index in [9.17, 15) is 0 Å². The lowest BCUT2D eigenvalue weighted by atomic mass is 9.75. The zero-order valence-corrected chi connectivity index (χ0v) is 14.5. The van der Waals surface area contributed by atoms with Gasteiger partial charge >= 0.3 is 0 Å². The van der Waals surface area contributed by atoms with Crippen molar-refractivity contribution in [3.63, 3.8) is 0 Å². The van der Waals surface area contributed by atoms with Gasteiger partial charge in [0.2, 0.25) is 0 Å². The first kappa shape index (κ1) is 18.0. The van der Waals surface area contributed by atoms with Gasteiger partial charge in [0.15, 0.2) is 0 Å². The molecule has 0 saturated heterocycles. The van der Waals surface area contributed by atoms with Crippen molar-refractivity contribution < 1.29 is 0 Å². The maximum atomic E-state index is 2.45. The Morgan fingerprint density at radius 2 is 1.00 bits per heavy atom. The lowest BCUT2D eigenvalue weighted by Crippen LogP contribution is -2.21. The molecule has 0 amide bonds. The van der Waals surface area contributed by atoms with Gasteiger partial charge in [-0.3, -0.25) is 0 Å². The van der Waals surface area contributed by atoms with Gasteiger partial charge in [-0.05, 0) is 54.3 Å². The Morgan fingerprint density at radius 3 is 1.39 bits per heavy atom. The van der Waals surface area contributed by atoms with E-state index < -0.39 is 0 Å². The lowest BCUT2D eigenvalue weighted by molar-refractivity contribution is 0.198. The van der Waals surface area contributed by atoms with Crippen LogP contribution in [0.4, 0.5) is 0 Å². The van der Waals surface area contributed by atoms with E-state index in [2.05, 4.69) is 62.3 Å². The third kappa shape index (κ3) is 8.16. The monoisotopic (exact) mass is 254 g/mol. The zero-order chi connectivity index (χ0) is 14.5. The quantitative estimate of drug-likeness (QED) is 0.493. The summed E-state index contributed by atoms with van der Waals surface area (Å²) >= 11 is 0. The Bertz CT molecular complexity index is 209. The van der Waals surface area contributed by atoms with Crippen LogP contribution in [0.15, 0.2) is 0 Å². The maximum absolute atomic E-state index is 2.45. The molecule has 0 radical (unpaired) electrons. The van der Waals surface area contributed by atoms with Crippen LogP contribution in [0.5, 0.6) is 0 Å². The average Bonchev–Trinajstić information content (AvgIpc) is 2.13. The summed E-state index contributed by atoms with van der Waals surface area (Å²) in [5, 5.41) is 0. The van der Waals surface area contributed by atoms with Crippen LogP contribution in [0, 0.1) is 35.0 Å². The summed E-state index contributed by atoms with van der Waals surface area (Å²) in [6.07, 6.45) is 4.12. The predicted octanol–water partition coefficient (Wildman–Crippen LogP) is 6.40. The molecule has 0 saturated carbocycles. The molecule has 0 rings (SSSR count). The highest BCUT2D eigenvalue weighted by molar-refractivity contribution is 4.74. The Balaban J connectivity index is 4.17. The number of hydrogen-bond donors (Lipinski definition) is 0. The van der Waals surface area contributed by atoms with Crippen molar-refractivity contribution in [2.75, 3.05) is 0 Å². The van der Waals surface area contributed by atoms with Crippen LogP contribution in [0.1, 0.15) is 81.6 Å². The first-order valence-corrected chi connectivity index (χ1v) is 8.03. The van der Waals surface area contributed by atoms with E-state index in [-0.39, 0.29) is 0 Å². The van der Waals surface area contributed by atoms with Gasteiger partial charge in [-0.1, -0.05) is 62.3 Å². The second-order valence-electron chi connectivity index (χ2n) is 8.54. The summed E-state index contributed by atoms with van der Waals surface area (Å²) < 4.78 is 0. The molecule has 0 heteroatoms. The second kappa shape index (κ2) is 7.56. The van der Waals surface area contributed by atoms with Gasteiger partial charge in [-0.25, -0.2) is 0 Å². The van der Waals surface area contributed by atoms with Crippen molar-refractivity contribution in [2.45, 2.75) is 81.6 Å². The molecule has 0 N–H and O–H groups in total. The van der Waals surface area contributed by atoms with Crippen LogP contribution < -0.4 is 0 Å². The van der Waals surface area contributed by atoms with Crippen LogP contribution in [-0.4, -0.2) is 0 Å². The molecule has 0 fully saturated rings. The van der Waals surface area contributed by atoms with Gasteiger partial charge < -0.3 is 0 Å². The fourth-order valence-corrected chi connectivity index (χ4v) is 3.19.